The van der Waals surface area contributed by atoms with Crippen LogP contribution in [-0.4, -0.2) is 33.8 Å². The molecule has 3 N–H and O–H groups in total. The molecule has 8 heteroatoms. The molecule has 162 valence electrons. The smallest absolute Gasteiger partial charge is 0.326 e. The molecule has 4 rings (SSSR count). The maximum Gasteiger partial charge on any atom is 0.326 e. The Balaban J connectivity index is 1.53. The van der Waals surface area contributed by atoms with Gasteiger partial charge >= 0.3 is 5.97 Å². The lowest BCUT2D eigenvalue weighted by molar-refractivity contribution is -0.142. The molecular formula is C23H22BrFN2O3S. The summed E-state index contributed by atoms with van der Waals surface area (Å²) < 4.78 is 14.7. The molecule has 0 radical (unpaired) electrons. The molecule has 0 aliphatic heterocycles. The number of halogens is 2. The van der Waals surface area contributed by atoms with Crippen LogP contribution in [0.15, 0.2) is 47.1 Å². The number of amides is 1. The number of carbonyl (C=O) groups excluding carboxylic acids is 1. The Morgan fingerprint density at radius 2 is 2.10 bits per heavy atom. The molecule has 1 amide bonds. The maximum atomic E-state index is 13.7. The Morgan fingerprint density at radius 3 is 2.84 bits per heavy atom. The number of aryl methyl sites for hydroxylation is 1. The lowest BCUT2D eigenvalue weighted by Crippen LogP contribution is -2.46. The number of hydrogen-bond donors (Lipinski definition) is 4. The summed E-state index contributed by atoms with van der Waals surface area (Å²) in [6, 6.07) is 9.24. The fraction of sp³-hybridized carbons (Fsp3) is 0.304. The number of nitrogens with one attached hydrogen (secondary N) is 2. The lowest BCUT2D eigenvalue weighted by Gasteiger charge is -2.24. The summed E-state index contributed by atoms with van der Waals surface area (Å²) in [5.74, 6) is -1.98. The second kappa shape index (κ2) is 9.04. The number of carboxylic acid groups (broad SMARTS) is 1. The van der Waals surface area contributed by atoms with E-state index in [-0.39, 0.29) is 18.2 Å². The number of thiol groups is 1. The number of carboxylic acids is 1. The zero-order valence-electron chi connectivity index (χ0n) is 16.6. The van der Waals surface area contributed by atoms with Crippen molar-refractivity contribution in [3.05, 3.63) is 69.6 Å². The predicted molar refractivity (Wildman–Crippen MR) is 124 cm³/mol. The number of benzene rings is 2. The Bertz CT molecular complexity index is 1150. The second-order valence-corrected chi connectivity index (χ2v) is 9.17. The van der Waals surface area contributed by atoms with Crippen molar-refractivity contribution in [2.24, 2.45) is 5.92 Å². The van der Waals surface area contributed by atoms with Gasteiger partial charge in [-0.15, -0.1) is 0 Å². The number of fused-ring (bicyclic) bond motifs is 2. The van der Waals surface area contributed by atoms with E-state index in [9.17, 15) is 19.1 Å². The van der Waals surface area contributed by atoms with Gasteiger partial charge in [0.2, 0.25) is 5.91 Å². The van der Waals surface area contributed by atoms with E-state index in [1.54, 1.807) is 12.3 Å². The van der Waals surface area contributed by atoms with Crippen molar-refractivity contribution in [1.29, 1.82) is 0 Å². The van der Waals surface area contributed by atoms with Gasteiger partial charge in [-0.05, 0) is 65.8 Å². The number of carbonyl (C=O) groups is 2. The van der Waals surface area contributed by atoms with Crippen molar-refractivity contribution >= 4 is 51.3 Å². The molecule has 5 nitrogen and oxygen atoms in total. The summed E-state index contributed by atoms with van der Waals surface area (Å²) in [6.45, 7) is 0. The molecule has 3 aromatic rings. The van der Waals surface area contributed by atoms with Crippen LogP contribution in [0.2, 0.25) is 0 Å². The van der Waals surface area contributed by atoms with Gasteiger partial charge in [-0.3, -0.25) is 4.79 Å². The van der Waals surface area contributed by atoms with Crippen LogP contribution in [0.1, 0.15) is 29.0 Å². The van der Waals surface area contributed by atoms with E-state index in [1.807, 2.05) is 12.1 Å². The van der Waals surface area contributed by atoms with E-state index in [4.69, 9.17) is 0 Å². The minimum Gasteiger partial charge on any atom is -0.480 e. The highest BCUT2D eigenvalue weighted by Crippen LogP contribution is 2.40. The molecule has 2 unspecified atom stereocenters. The van der Waals surface area contributed by atoms with Gasteiger partial charge in [-0.2, -0.15) is 12.6 Å². The molecule has 0 saturated heterocycles. The predicted octanol–water partition coefficient (Wildman–Crippen LogP) is 4.46. The second-order valence-electron chi connectivity index (χ2n) is 7.88. The van der Waals surface area contributed by atoms with Crippen LogP contribution in [-0.2, 0) is 22.4 Å². The summed E-state index contributed by atoms with van der Waals surface area (Å²) >= 11 is 7.88. The third-order valence-corrected chi connectivity index (χ3v) is 6.90. The third-order valence-electron chi connectivity index (χ3n) is 6.02. The molecule has 1 aliphatic carbocycles. The SMILES string of the molecule is O=C(N[C@@H](Cc1c[nH]c2ccc(F)cc12)C(=O)O)C(CS)C1CCc2cc(Br)ccc21. The van der Waals surface area contributed by atoms with Crippen LogP contribution in [0.5, 0.6) is 0 Å². The summed E-state index contributed by atoms with van der Waals surface area (Å²) in [6.07, 6.45) is 3.41. The van der Waals surface area contributed by atoms with E-state index in [1.165, 1.54) is 17.7 Å². The van der Waals surface area contributed by atoms with E-state index in [2.05, 4.69) is 44.9 Å². The van der Waals surface area contributed by atoms with E-state index in [0.717, 1.165) is 22.9 Å². The van der Waals surface area contributed by atoms with Crippen molar-refractivity contribution in [3.63, 3.8) is 0 Å². The maximum absolute atomic E-state index is 13.7. The first-order valence-electron chi connectivity index (χ1n) is 10.0. The van der Waals surface area contributed by atoms with Gasteiger partial charge < -0.3 is 15.4 Å². The standard InChI is InChI=1S/C23H22BrFN2O3S/c24-14-2-5-16-12(7-14)1-4-17(16)19(11-31)22(28)27-21(23(29)30)8-13-10-26-20-6-3-15(25)9-18(13)20/h2-3,5-7,9-10,17,19,21,26,31H,1,4,8,11H2,(H,27,28)(H,29,30)/t17?,19?,21-/m0/s1. The number of hydrogen-bond acceptors (Lipinski definition) is 3. The van der Waals surface area contributed by atoms with Gasteiger partial charge in [0, 0.05) is 33.7 Å². The van der Waals surface area contributed by atoms with Crippen LogP contribution < -0.4 is 5.32 Å². The first-order valence-corrected chi connectivity index (χ1v) is 11.5. The van der Waals surface area contributed by atoms with E-state index >= 15 is 0 Å². The van der Waals surface area contributed by atoms with Gasteiger partial charge in [0.15, 0.2) is 0 Å². The van der Waals surface area contributed by atoms with Gasteiger partial charge in [0.1, 0.15) is 11.9 Å². The minimum atomic E-state index is -1.13. The average Bonchev–Trinajstić information content (AvgIpc) is 3.32. The number of aliphatic carboxylic acids is 1. The molecule has 0 spiro atoms. The summed E-state index contributed by atoms with van der Waals surface area (Å²) in [7, 11) is 0. The zero-order chi connectivity index (χ0) is 22.1. The van der Waals surface area contributed by atoms with Crippen molar-refractivity contribution in [3.8, 4) is 0 Å². The van der Waals surface area contributed by atoms with Crippen LogP contribution in [0.25, 0.3) is 10.9 Å². The fourth-order valence-corrected chi connectivity index (χ4v) is 5.28. The molecular weight excluding hydrogens is 483 g/mol. The largest absolute Gasteiger partial charge is 0.480 e. The Hall–Kier alpha value is -2.32. The number of aromatic nitrogens is 1. The first kappa shape index (κ1) is 21.9. The van der Waals surface area contributed by atoms with E-state index in [0.29, 0.717) is 22.2 Å². The van der Waals surface area contributed by atoms with Crippen molar-refractivity contribution < 1.29 is 19.1 Å². The van der Waals surface area contributed by atoms with Crippen LogP contribution >= 0.6 is 28.6 Å². The molecule has 0 saturated carbocycles. The first-order chi connectivity index (χ1) is 14.9. The molecule has 1 aromatic heterocycles. The van der Waals surface area contributed by atoms with Gasteiger partial charge in [0.25, 0.3) is 0 Å². The topological polar surface area (TPSA) is 82.2 Å². The minimum absolute atomic E-state index is 0.00257. The van der Waals surface area contributed by atoms with Gasteiger partial charge in [0.05, 0.1) is 5.92 Å². The van der Waals surface area contributed by atoms with Gasteiger partial charge in [-0.25, -0.2) is 9.18 Å². The molecule has 2 aromatic carbocycles. The Morgan fingerprint density at radius 1 is 1.29 bits per heavy atom. The Kier molecular flexibility index (Phi) is 6.39. The van der Waals surface area contributed by atoms with Crippen LogP contribution in [0.4, 0.5) is 4.39 Å². The molecule has 31 heavy (non-hydrogen) atoms. The van der Waals surface area contributed by atoms with Gasteiger partial charge in [-0.1, -0.05) is 22.0 Å². The highest BCUT2D eigenvalue weighted by molar-refractivity contribution is 9.10. The molecule has 0 fully saturated rings. The molecule has 1 aliphatic rings. The van der Waals surface area contributed by atoms with Crippen molar-refractivity contribution in [2.45, 2.75) is 31.2 Å². The van der Waals surface area contributed by atoms with Crippen LogP contribution in [0, 0.1) is 11.7 Å². The summed E-state index contributed by atoms with van der Waals surface area (Å²) in [5.41, 5.74) is 3.68. The molecule has 1 heterocycles. The number of rotatable bonds is 7. The number of aromatic amines is 1. The average molecular weight is 505 g/mol. The fourth-order valence-electron chi connectivity index (χ4n) is 4.45. The highest BCUT2D eigenvalue weighted by atomic mass is 79.9. The normalized spacial score (nSPS) is 17.3. The lowest BCUT2D eigenvalue weighted by atomic mass is 9.87. The Labute approximate surface area is 193 Å². The molecule has 3 atom stereocenters. The molecule has 0 bridgehead atoms. The van der Waals surface area contributed by atoms with Crippen molar-refractivity contribution in [2.75, 3.05) is 5.75 Å². The zero-order valence-corrected chi connectivity index (χ0v) is 19.0. The van der Waals surface area contributed by atoms with E-state index < -0.39 is 23.7 Å². The monoisotopic (exact) mass is 504 g/mol. The quantitative estimate of drug-likeness (QED) is 0.358. The third kappa shape index (κ3) is 4.50. The van der Waals surface area contributed by atoms with Crippen molar-refractivity contribution in [1.82, 2.24) is 10.3 Å². The number of H-pyrrole nitrogens is 1. The highest BCUT2D eigenvalue weighted by Gasteiger charge is 2.35. The summed E-state index contributed by atoms with van der Waals surface area (Å²) in [4.78, 5) is 28.0. The van der Waals surface area contributed by atoms with Crippen LogP contribution in [0.3, 0.4) is 0 Å². The summed E-state index contributed by atoms with van der Waals surface area (Å²) in [5, 5.41) is 13.0.